The summed E-state index contributed by atoms with van der Waals surface area (Å²) in [6, 6.07) is 24.0. The van der Waals surface area contributed by atoms with Crippen LogP contribution in [-0.2, 0) is 16.6 Å². The van der Waals surface area contributed by atoms with E-state index in [1.54, 1.807) is 24.3 Å². The predicted octanol–water partition coefficient (Wildman–Crippen LogP) is 4.42. The van der Waals surface area contributed by atoms with Gasteiger partial charge < -0.3 is 15.8 Å². The molecule has 0 spiro atoms. The summed E-state index contributed by atoms with van der Waals surface area (Å²) < 4.78 is 32.2. The topological polar surface area (TPSA) is 119 Å². The third-order valence-electron chi connectivity index (χ3n) is 4.63. The lowest BCUT2D eigenvalue weighted by Gasteiger charge is -2.15. The number of nitrogen functional groups attached to an aromatic ring is 1. The summed E-state index contributed by atoms with van der Waals surface area (Å²) in [4.78, 5) is 8.57. The second kappa shape index (κ2) is 9.58. The van der Waals surface area contributed by atoms with Crippen molar-refractivity contribution in [2.75, 3.05) is 22.0 Å². The molecule has 0 amide bonds. The Morgan fingerprint density at radius 1 is 0.939 bits per heavy atom. The van der Waals surface area contributed by atoms with E-state index >= 15 is 0 Å². The Labute approximate surface area is 192 Å². The number of rotatable bonds is 8. The average molecular weight is 462 g/mol. The molecule has 0 aliphatic rings. The van der Waals surface area contributed by atoms with Crippen LogP contribution in [0.25, 0.3) is 11.3 Å². The first kappa shape index (κ1) is 22.1. The summed E-state index contributed by atoms with van der Waals surface area (Å²) in [5.74, 6) is 0.962. The molecule has 0 bridgehead atoms. The van der Waals surface area contributed by atoms with Crippen molar-refractivity contribution < 1.29 is 13.2 Å². The van der Waals surface area contributed by atoms with E-state index in [0.717, 1.165) is 17.4 Å². The molecule has 8 nitrogen and oxygen atoms in total. The fourth-order valence-electron chi connectivity index (χ4n) is 3.18. The Balaban J connectivity index is 1.58. The van der Waals surface area contributed by atoms with Crippen LogP contribution in [0.15, 0.2) is 85.2 Å². The van der Waals surface area contributed by atoms with Crippen molar-refractivity contribution in [2.24, 2.45) is 0 Å². The van der Waals surface area contributed by atoms with Crippen LogP contribution in [0.4, 0.5) is 22.9 Å². The number of nitrogens with two attached hydrogens (primary N) is 1. The van der Waals surface area contributed by atoms with Gasteiger partial charge in [-0.25, -0.2) is 18.4 Å². The molecule has 4 rings (SSSR count). The van der Waals surface area contributed by atoms with Crippen molar-refractivity contribution in [3.05, 3.63) is 90.8 Å². The zero-order valence-electron chi connectivity index (χ0n) is 17.9. The maximum absolute atomic E-state index is 11.9. The largest absolute Gasteiger partial charge is 0.487 e. The molecule has 1 aromatic heterocycles. The van der Waals surface area contributed by atoms with Gasteiger partial charge in [0.2, 0.25) is 10.0 Å². The maximum Gasteiger partial charge on any atom is 0.229 e. The van der Waals surface area contributed by atoms with Gasteiger partial charge in [0.1, 0.15) is 24.5 Å². The van der Waals surface area contributed by atoms with Gasteiger partial charge >= 0.3 is 0 Å². The molecule has 9 heteroatoms. The van der Waals surface area contributed by atoms with Crippen LogP contribution in [0.3, 0.4) is 0 Å². The van der Waals surface area contributed by atoms with Crippen molar-refractivity contribution in [2.45, 2.75) is 6.61 Å². The molecule has 0 unspecified atom stereocenters. The third kappa shape index (κ3) is 6.20. The number of hydrogen-bond acceptors (Lipinski definition) is 7. The average Bonchev–Trinajstić information content (AvgIpc) is 2.78. The Morgan fingerprint density at radius 3 is 2.52 bits per heavy atom. The number of anilines is 4. The fraction of sp³-hybridized carbons (Fsp3) is 0.0833. The van der Waals surface area contributed by atoms with Crippen LogP contribution in [0.5, 0.6) is 5.75 Å². The molecule has 0 aliphatic carbocycles. The Bertz CT molecular complexity index is 1360. The van der Waals surface area contributed by atoms with E-state index in [9.17, 15) is 8.42 Å². The van der Waals surface area contributed by atoms with Crippen molar-refractivity contribution in [1.29, 1.82) is 0 Å². The lowest BCUT2D eigenvalue weighted by atomic mass is 10.1. The summed E-state index contributed by atoms with van der Waals surface area (Å²) in [7, 11) is -3.51. The highest BCUT2D eigenvalue weighted by Crippen LogP contribution is 2.31. The van der Waals surface area contributed by atoms with Crippen LogP contribution in [0.1, 0.15) is 5.56 Å². The van der Waals surface area contributed by atoms with E-state index in [-0.39, 0.29) is 0 Å². The van der Waals surface area contributed by atoms with E-state index in [1.807, 2.05) is 54.6 Å². The Hall–Kier alpha value is -4.11. The number of ether oxygens (including phenoxy) is 1. The van der Waals surface area contributed by atoms with Gasteiger partial charge in [0.05, 0.1) is 17.6 Å². The van der Waals surface area contributed by atoms with Gasteiger partial charge in [-0.15, -0.1) is 0 Å². The normalized spacial score (nSPS) is 11.1. The van der Waals surface area contributed by atoms with Crippen LogP contribution in [-0.4, -0.2) is 24.6 Å². The van der Waals surface area contributed by atoms with E-state index < -0.39 is 10.0 Å². The summed E-state index contributed by atoms with van der Waals surface area (Å²) in [5, 5.41) is 3.18. The number of benzene rings is 3. The van der Waals surface area contributed by atoms with Crippen LogP contribution >= 0.6 is 0 Å². The summed E-state index contributed by atoms with van der Waals surface area (Å²) in [6.07, 6.45) is 2.55. The first-order valence-electron chi connectivity index (χ1n) is 10.1. The second-order valence-electron chi connectivity index (χ2n) is 7.40. The smallest absolute Gasteiger partial charge is 0.229 e. The van der Waals surface area contributed by atoms with Crippen molar-refractivity contribution in [3.63, 3.8) is 0 Å². The number of nitrogens with zero attached hydrogens (tertiary/aromatic N) is 2. The molecule has 0 saturated heterocycles. The SMILES string of the molecule is CS(=O)(=O)Nc1cc(Nc2cc(-c3cccc(N)c3)ncn2)ccc1OCc1ccccc1. The van der Waals surface area contributed by atoms with Gasteiger partial charge in [0, 0.05) is 23.0 Å². The quantitative estimate of drug-likeness (QED) is 0.332. The third-order valence-corrected chi connectivity index (χ3v) is 5.22. The maximum atomic E-state index is 11.9. The lowest BCUT2D eigenvalue weighted by Crippen LogP contribution is -2.11. The number of nitrogens with one attached hydrogen (secondary N) is 2. The van der Waals surface area contributed by atoms with Gasteiger partial charge in [0.15, 0.2) is 0 Å². The molecule has 1 heterocycles. The molecule has 3 aromatic carbocycles. The fourth-order valence-corrected chi connectivity index (χ4v) is 3.74. The molecule has 4 N–H and O–H groups in total. The Morgan fingerprint density at radius 2 is 1.76 bits per heavy atom. The summed E-state index contributed by atoms with van der Waals surface area (Å²) in [6.45, 7) is 0.307. The van der Waals surface area contributed by atoms with Gasteiger partial charge in [0.25, 0.3) is 0 Å². The van der Waals surface area contributed by atoms with Crippen molar-refractivity contribution in [3.8, 4) is 17.0 Å². The van der Waals surface area contributed by atoms with E-state index in [2.05, 4.69) is 20.0 Å². The minimum Gasteiger partial charge on any atom is -0.487 e. The zero-order chi connectivity index (χ0) is 23.3. The molecule has 4 aromatic rings. The molecular weight excluding hydrogens is 438 g/mol. The molecule has 0 fully saturated rings. The van der Waals surface area contributed by atoms with E-state index in [4.69, 9.17) is 10.5 Å². The molecule has 0 radical (unpaired) electrons. The highest BCUT2D eigenvalue weighted by Gasteiger charge is 2.11. The molecule has 0 aliphatic heterocycles. The molecule has 0 atom stereocenters. The second-order valence-corrected chi connectivity index (χ2v) is 9.15. The summed E-state index contributed by atoms with van der Waals surface area (Å²) in [5.41, 5.74) is 10.0. The van der Waals surface area contributed by atoms with Crippen LogP contribution in [0.2, 0.25) is 0 Å². The first-order valence-corrected chi connectivity index (χ1v) is 12.0. The highest BCUT2D eigenvalue weighted by atomic mass is 32.2. The van der Waals surface area contributed by atoms with Crippen molar-refractivity contribution >= 4 is 32.9 Å². The molecule has 33 heavy (non-hydrogen) atoms. The first-order chi connectivity index (χ1) is 15.9. The minimum atomic E-state index is -3.51. The van der Waals surface area contributed by atoms with Gasteiger partial charge in [-0.3, -0.25) is 4.72 Å². The van der Waals surface area contributed by atoms with Gasteiger partial charge in [-0.1, -0.05) is 42.5 Å². The number of hydrogen-bond donors (Lipinski definition) is 3. The number of sulfonamides is 1. The minimum absolute atomic E-state index is 0.307. The van der Waals surface area contributed by atoms with Crippen molar-refractivity contribution in [1.82, 2.24) is 9.97 Å². The van der Waals surface area contributed by atoms with Crippen LogP contribution in [0, 0.1) is 0 Å². The lowest BCUT2D eigenvalue weighted by molar-refractivity contribution is 0.308. The van der Waals surface area contributed by atoms with E-state index in [1.165, 1.54) is 6.33 Å². The van der Waals surface area contributed by atoms with Gasteiger partial charge in [-0.05, 0) is 35.9 Å². The van der Waals surface area contributed by atoms with Crippen LogP contribution < -0.4 is 20.5 Å². The monoisotopic (exact) mass is 461 g/mol. The zero-order valence-corrected chi connectivity index (χ0v) is 18.7. The Kier molecular flexibility index (Phi) is 6.41. The van der Waals surface area contributed by atoms with Gasteiger partial charge in [-0.2, -0.15) is 0 Å². The predicted molar refractivity (Wildman–Crippen MR) is 131 cm³/mol. The highest BCUT2D eigenvalue weighted by molar-refractivity contribution is 7.92. The molecule has 168 valence electrons. The summed E-state index contributed by atoms with van der Waals surface area (Å²) >= 11 is 0. The van der Waals surface area contributed by atoms with E-state index in [0.29, 0.717) is 40.9 Å². The number of aromatic nitrogens is 2. The molecular formula is C24H23N5O3S. The molecule has 0 saturated carbocycles. The standard InChI is InChI=1S/C24H23N5O3S/c1-33(30,31)29-22-13-20(10-11-23(22)32-15-17-6-3-2-4-7-17)28-24-14-21(26-16-27-24)18-8-5-9-19(25)12-18/h2-14,16,29H,15,25H2,1H3,(H,26,27,28).